The predicted molar refractivity (Wildman–Crippen MR) is 55.7 cm³/mol. The number of hydrogen-bond donors (Lipinski definition) is 3. The highest BCUT2D eigenvalue weighted by molar-refractivity contribution is 5.88. The zero-order valence-corrected chi connectivity index (χ0v) is 9.17. The summed E-state index contributed by atoms with van der Waals surface area (Å²) in [6.45, 7) is 0.321. The molecular weight excluding hydrogens is 230 g/mol. The van der Waals surface area contributed by atoms with Crippen LogP contribution in [0.4, 0.5) is 0 Å². The molecule has 5 N–H and O–H groups in total. The number of carboxylic acid groups (broad SMARTS) is 1. The molecular formula is C9H15N3O5. The third-order valence-electron chi connectivity index (χ3n) is 2.39. The quantitative estimate of drug-likeness (QED) is 0.501. The van der Waals surface area contributed by atoms with E-state index < -0.39 is 29.9 Å². The van der Waals surface area contributed by atoms with E-state index in [-0.39, 0.29) is 26.1 Å². The number of morpholine rings is 1. The lowest BCUT2D eigenvalue weighted by molar-refractivity contribution is -0.160. The largest absolute Gasteiger partial charge is 0.479 e. The molecule has 17 heavy (non-hydrogen) atoms. The van der Waals surface area contributed by atoms with E-state index in [1.807, 2.05) is 0 Å². The fourth-order valence-corrected chi connectivity index (χ4v) is 1.54. The normalized spacial score (nSPS) is 21.9. The fraction of sp³-hybridized carbons (Fsp3) is 0.667. The Balaban J connectivity index is 2.57. The van der Waals surface area contributed by atoms with Gasteiger partial charge in [0, 0.05) is 6.54 Å². The maximum absolute atomic E-state index is 11.7. The van der Waals surface area contributed by atoms with Crippen LogP contribution in [0, 0.1) is 0 Å². The van der Waals surface area contributed by atoms with Gasteiger partial charge in [0.2, 0.25) is 11.8 Å². The molecule has 1 aliphatic heterocycles. The van der Waals surface area contributed by atoms with Crippen LogP contribution in [0.25, 0.3) is 0 Å². The van der Waals surface area contributed by atoms with Crippen molar-refractivity contribution < 1.29 is 24.2 Å². The highest BCUT2D eigenvalue weighted by Crippen LogP contribution is 2.07. The van der Waals surface area contributed by atoms with Gasteiger partial charge in [-0.05, 0) is 0 Å². The molecule has 8 nitrogen and oxygen atoms in total. The van der Waals surface area contributed by atoms with E-state index in [1.54, 1.807) is 0 Å². The Bertz CT molecular complexity index is 333. The molecule has 0 spiro atoms. The lowest BCUT2D eigenvalue weighted by Gasteiger charge is -2.32. The van der Waals surface area contributed by atoms with Crippen LogP contribution < -0.4 is 11.5 Å². The molecule has 1 aliphatic rings. The number of carbonyl (C=O) groups is 3. The average Bonchev–Trinajstić information content (AvgIpc) is 2.27. The zero-order valence-electron chi connectivity index (χ0n) is 9.17. The minimum Gasteiger partial charge on any atom is -0.479 e. The first-order valence-electron chi connectivity index (χ1n) is 5.09. The smallest absolute Gasteiger partial charge is 0.334 e. The summed E-state index contributed by atoms with van der Waals surface area (Å²) in [5.41, 5.74) is 10.4. The summed E-state index contributed by atoms with van der Waals surface area (Å²) >= 11 is 0. The van der Waals surface area contributed by atoms with Gasteiger partial charge in [-0.1, -0.05) is 0 Å². The summed E-state index contributed by atoms with van der Waals surface area (Å²) in [5.74, 6) is -2.29. The number of hydrogen-bond acceptors (Lipinski definition) is 5. The molecule has 0 bridgehead atoms. The van der Waals surface area contributed by atoms with Crippen molar-refractivity contribution in [2.75, 3.05) is 19.7 Å². The second-order valence-corrected chi connectivity index (χ2v) is 3.76. The van der Waals surface area contributed by atoms with E-state index in [0.29, 0.717) is 0 Å². The molecule has 0 aromatic rings. The van der Waals surface area contributed by atoms with Crippen molar-refractivity contribution >= 4 is 17.8 Å². The van der Waals surface area contributed by atoms with E-state index in [4.69, 9.17) is 21.3 Å². The van der Waals surface area contributed by atoms with E-state index in [1.165, 1.54) is 4.90 Å². The number of nitrogens with two attached hydrogens (primary N) is 2. The summed E-state index contributed by atoms with van der Waals surface area (Å²) < 4.78 is 4.95. The molecule has 1 heterocycles. The molecule has 1 rings (SSSR count). The van der Waals surface area contributed by atoms with Crippen LogP contribution in [-0.4, -0.2) is 59.6 Å². The van der Waals surface area contributed by atoms with Gasteiger partial charge in [-0.25, -0.2) is 4.79 Å². The van der Waals surface area contributed by atoms with Crippen molar-refractivity contribution in [1.82, 2.24) is 4.90 Å². The van der Waals surface area contributed by atoms with Crippen molar-refractivity contribution in [1.29, 1.82) is 0 Å². The Morgan fingerprint density at radius 2 is 2.12 bits per heavy atom. The Morgan fingerprint density at radius 3 is 2.65 bits per heavy atom. The molecule has 8 heteroatoms. The van der Waals surface area contributed by atoms with Gasteiger partial charge in [0.1, 0.15) is 0 Å². The minimum atomic E-state index is -1.13. The van der Waals surface area contributed by atoms with Crippen LogP contribution in [0.15, 0.2) is 0 Å². The Morgan fingerprint density at radius 1 is 1.47 bits per heavy atom. The van der Waals surface area contributed by atoms with E-state index in [2.05, 4.69) is 0 Å². The standard InChI is InChI=1S/C9H15N3O5/c10-5(3-7(11)13)8(14)12-1-2-17-6(4-12)9(15)16/h5-6H,1-4,10H2,(H2,11,13)(H,15,16). The Hall–Kier alpha value is -1.67. The molecule has 1 fully saturated rings. The number of carboxylic acids is 1. The van der Waals surface area contributed by atoms with Crippen molar-refractivity contribution in [2.24, 2.45) is 11.5 Å². The Kier molecular flexibility index (Phi) is 4.41. The first-order chi connectivity index (χ1) is 7.91. The van der Waals surface area contributed by atoms with Gasteiger partial charge in [-0.15, -0.1) is 0 Å². The summed E-state index contributed by atoms with van der Waals surface area (Å²) in [4.78, 5) is 34.3. The molecule has 0 aromatic carbocycles. The maximum Gasteiger partial charge on any atom is 0.334 e. The molecule has 2 atom stereocenters. The second-order valence-electron chi connectivity index (χ2n) is 3.76. The average molecular weight is 245 g/mol. The predicted octanol–water partition coefficient (Wildman–Crippen LogP) is -2.50. The van der Waals surface area contributed by atoms with E-state index in [0.717, 1.165) is 0 Å². The SMILES string of the molecule is NC(=O)CC(N)C(=O)N1CCOC(C(=O)O)C1. The number of aliphatic carboxylic acids is 1. The molecule has 0 radical (unpaired) electrons. The molecule has 2 amide bonds. The van der Waals surface area contributed by atoms with E-state index in [9.17, 15) is 14.4 Å². The third-order valence-corrected chi connectivity index (χ3v) is 2.39. The molecule has 0 aromatic heterocycles. The first kappa shape index (κ1) is 13.4. The highest BCUT2D eigenvalue weighted by Gasteiger charge is 2.31. The van der Waals surface area contributed by atoms with Crippen LogP contribution in [0.3, 0.4) is 0 Å². The monoisotopic (exact) mass is 245 g/mol. The van der Waals surface area contributed by atoms with Crippen LogP contribution in [0.1, 0.15) is 6.42 Å². The van der Waals surface area contributed by atoms with Crippen molar-refractivity contribution in [3.63, 3.8) is 0 Å². The lowest BCUT2D eigenvalue weighted by Crippen LogP contribution is -2.53. The van der Waals surface area contributed by atoms with Gasteiger partial charge < -0.3 is 26.2 Å². The third kappa shape index (κ3) is 3.68. The van der Waals surface area contributed by atoms with Crippen molar-refractivity contribution in [3.05, 3.63) is 0 Å². The summed E-state index contributed by atoms with van der Waals surface area (Å²) in [6, 6.07) is -1.03. The minimum absolute atomic E-state index is 0.0688. The number of carbonyl (C=O) groups excluding carboxylic acids is 2. The molecule has 0 saturated carbocycles. The molecule has 0 aliphatic carbocycles. The van der Waals surface area contributed by atoms with Gasteiger partial charge >= 0.3 is 5.97 Å². The molecule has 1 saturated heterocycles. The van der Waals surface area contributed by atoms with Gasteiger partial charge in [0.25, 0.3) is 0 Å². The summed E-state index contributed by atoms with van der Waals surface area (Å²) in [5, 5.41) is 8.75. The maximum atomic E-state index is 11.7. The lowest BCUT2D eigenvalue weighted by atomic mass is 10.1. The van der Waals surface area contributed by atoms with Gasteiger partial charge in [-0.3, -0.25) is 9.59 Å². The number of nitrogens with zero attached hydrogens (tertiary/aromatic N) is 1. The summed E-state index contributed by atoms with van der Waals surface area (Å²) in [6.07, 6.45) is -1.30. The summed E-state index contributed by atoms with van der Waals surface area (Å²) in [7, 11) is 0. The van der Waals surface area contributed by atoms with Crippen molar-refractivity contribution in [2.45, 2.75) is 18.6 Å². The number of rotatable bonds is 4. The first-order valence-corrected chi connectivity index (χ1v) is 5.09. The fourth-order valence-electron chi connectivity index (χ4n) is 1.54. The number of ether oxygens (including phenoxy) is 1. The molecule has 2 unspecified atom stereocenters. The zero-order chi connectivity index (χ0) is 13.0. The van der Waals surface area contributed by atoms with Crippen LogP contribution in [0.5, 0.6) is 0 Å². The van der Waals surface area contributed by atoms with Crippen LogP contribution >= 0.6 is 0 Å². The van der Waals surface area contributed by atoms with Crippen molar-refractivity contribution in [3.8, 4) is 0 Å². The van der Waals surface area contributed by atoms with Gasteiger partial charge in [0.05, 0.1) is 25.6 Å². The molecule has 96 valence electrons. The highest BCUT2D eigenvalue weighted by atomic mass is 16.5. The van der Waals surface area contributed by atoms with Gasteiger partial charge in [0.15, 0.2) is 6.10 Å². The Labute approximate surface area is 97.5 Å². The van der Waals surface area contributed by atoms with Crippen LogP contribution in [-0.2, 0) is 19.1 Å². The number of amides is 2. The van der Waals surface area contributed by atoms with Gasteiger partial charge in [-0.2, -0.15) is 0 Å². The topological polar surface area (TPSA) is 136 Å². The second kappa shape index (κ2) is 5.60. The van der Waals surface area contributed by atoms with E-state index >= 15 is 0 Å². The van der Waals surface area contributed by atoms with Crippen LogP contribution in [0.2, 0.25) is 0 Å². The number of primary amides is 1.